The molecule has 2 amide bonds. The van der Waals surface area contributed by atoms with Gasteiger partial charge in [0.15, 0.2) is 0 Å². The summed E-state index contributed by atoms with van der Waals surface area (Å²) in [5.41, 5.74) is 9.42. The lowest BCUT2D eigenvalue weighted by Gasteiger charge is -2.16. The molecule has 4 rings (SSSR count). The van der Waals surface area contributed by atoms with Gasteiger partial charge in [-0.25, -0.2) is 9.97 Å². The van der Waals surface area contributed by atoms with E-state index < -0.39 is 11.9 Å². The van der Waals surface area contributed by atoms with Crippen molar-refractivity contribution in [2.75, 3.05) is 11.9 Å². The summed E-state index contributed by atoms with van der Waals surface area (Å²) in [7, 11) is 0. The first kappa shape index (κ1) is 23.6. The van der Waals surface area contributed by atoms with Gasteiger partial charge in [0, 0.05) is 48.6 Å². The zero-order chi connectivity index (χ0) is 24.5. The van der Waals surface area contributed by atoms with Gasteiger partial charge in [-0.05, 0) is 35.9 Å². The molecular formula is C27H26N6O2. The molecule has 35 heavy (non-hydrogen) atoms. The number of rotatable bonds is 10. The van der Waals surface area contributed by atoms with E-state index >= 15 is 0 Å². The Hall–Kier alpha value is -4.59. The molecule has 8 nitrogen and oxygen atoms in total. The van der Waals surface area contributed by atoms with Crippen LogP contribution in [0.25, 0.3) is 11.3 Å². The molecule has 4 aromatic rings. The van der Waals surface area contributed by atoms with Crippen LogP contribution in [0.3, 0.4) is 0 Å². The second kappa shape index (κ2) is 11.5. The smallest absolute Gasteiger partial charge is 0.251 e. The van der Waals surface area contributed by atoms with E-state index in [1.807, 2.05) is 66.7 Å². The van der Waals surface area contributed by atoms with Crippen molar-refractivity contribution in [3.05, 3.63) is 108 Å². The highest BCUT2D eigenvalue weighted by Crippen LogP contribution is 2.18. The first-order chi connectivity index (χ1) is 17.1. The minimum atomic E-state index is -0.800. The van der Waals surface area contributed by atoms with Crippen molar-refractivity contribution in [2.45, 2.75) is 18.9 Å². The average Bonchev–Trinajstić information content (AvgIpc) is 2.90. The molecule has 2 aromatic carbocycles. The van der Waals surface area contributed by atoms with E-state index in [4.69, 9.17) is 5.73 Å². The van der Waals surface area contributed by atoms with Crippen LogP contribution in [0.1, 0.15) is 21.6 Å². The maximum atomic E-state index is 12.7. The summed E-state index contributed by atoms with van der Waals surface area (Å²) in [6, 6.07) is 23.3. The number of carbonyl (C=O) groups excluding carboxylic acids is 2. The molecule has 2 aromatic heterocycles. The van der Waals surface area contributed by atoms with Crippen molar-refractivity contribution in [1.82, 2.24) is 20.3 Å². The van der Waals surface area contributed by atoms with Gasteiger partial charge in [-0.1, -0.05) is 48.5 Å². The lowest BCUT2D eigenvalue weighted by Crippen LogP contribution is -2.45. The molecule has 0 aliphatic rings. The summed E-state index contributed by atoms with van der Waals surface area (Å²) in [4.78, 5) is 37.8. The summed E-state index contributed by atoms with van der Waals surface area (Å²) >= 11 is 0. The highest BCUT2D eigenvalue weighted by molar-refractivity contribution is 5.97. The van der Waals surface area contributed by atoms with E-state index in [-0.39, 0.29) is 5.91 Å². The molecule has 0 fully saturated rings. The number of hydrogen-bond donors (Lipinski definition) is 3. The second-order valence-electron chi connectivity index (χ2n) is 7.96. The minimum absolute atomic E-state index is 0.330. The molecule has 1 atom stereocenters. The lowest BCUT2D eigenvalue weighted by molar-refractivity contribution is -0.119. The van der Waals surface area contributed by atoms with Crippen molar-refractivity contribution < 1.29 is 9.59 Å². The van der Waals surface area contributed by atoms with E-state index in [2.05, 4.69) is 25.6 Å². The van der Waals surface area contributed by atoms with Crippen molar-refractivity contribution in [2.24, 2.45) is 5.73 Å². The van der Waals surface area contributed by atoms with Crippen LogP contribution < -0.4 is 16.4 Å². The highest BCUT2D eigenvalue weighted by Gasteiger charge is 2.19. The molecule has 2 heterocycles. The van der Waals surface area contributed by atoms with Crippen molar-refractivity contribution in [3.63, 3.8) is 0 Å². The third kappa shape index (κ3) is 6.70. The van der Waals surface area contributed by atoms with Gasteiger partial charge in [0.25, 0.3) is 5.91 Å². The van der Waals surface area contributed by atoms with Crippen LogP contribution in [0.4, 0.5) is 5.95 Å². The number of carbonyl (C=O) groups is 2. The Morgan fingerprint density at radius 2 is 1.63 bits per heavy atom. The second-order valence-corrected chi connectivity index (χ2v) is 7.96. The normalized spacial score (nSPS) is 11.4. The van der Waals surface area contributed by atoms with Crippen molar-refractivity contribution >= 4 is 17.8 Å². The molecule has 0 spiro atoms. The Labute approximate surface area is 203 Å². The van der Waals surface area contributed by atoms with Gasteiger partial charge in [-0.15, -0.1) is 0 Å². The summed E-state index contributed by atoms with van der Waals surface area (Å²) in [5, 5.41) is 5.95. The van der Waals surface area contributed by atoms with Gasteiger partial charge in [0.1, 0.15) is 6.04 Å². The Morgan fingerprint density at radius 1 is 0.857 bits per heavy atom. The SMILES string of the molecule is NC(=O)C(Cc1ccccc1)NC(=O)c1ccc(-c2ccnc(NCCc3ccccn3)n2)cc1. The van der Waals surface area contributed by atoms with Crippen LogP contribution in [0, 0.1) is 0 Å². The number of nitrogens with two attached hydrogens (primary N) is 1. The number of pyridine rings is 1. The van der Waals surface area contributed by atoms with E-state index in [0.717, 1.165) is 28.9 Å². The van der Waals surface area contributed by atoms with Gasteiger partial charge in [-0.3, -0.25) is 14.6 Å². The van der Waals surface area contributed by atoms with Gasteiger partial charge in [-0.2, -0.15) is 0 Å². The summed E-state index contributed by atoms with van der Waals surface area (Å²) < 4.78 is 0. The zero-order valence-electron chi connectivity index (χ0n) is 19.1. The highest BCUT2D eigenvalue weighted by atomic mass is 16.2. The molecule has 0 aliphatic heterocycles. The third-order valence-corrected chi connectivity index (χ3v) is 5.42. The fourth-order valence-corrected chi connectivity index (χ4v) is 3.56. The molecular weight excluding hydrogens is 440 g/mol. The van der Waals surface area contributed by atoms with Crippen LogP contribution in [0.15, 0.2) is 91.3 Å². The Bertz CT molecular complexity index is 1260. The van der Waals surface area contributed by atoms with Gasteiger partial charge >= 0.3 is 0 Å². The molecule has 0 bridgehead atoms. The molecule has 8 heteroatoms. The molecule has 0 aliphatic carbocycles. The predicted octanol–water partition coefficient (Wildman–Crippen LogP) is 3.02. The van der Waals surface area contributed by atoms with Gasteiger partial charge < -0.3 is 16.4 Å². The van der Waals surface area contributed by atoms with Crippen LogP contribution in [-0.2, 0) is 17.6 Å². The molecule has 4 N–H and O–H groups in total. The third-order valence-electron chi connectivity index (χ3n) is 5.42. The minimum Gasteiger partial charge on any atom is -0.368 e. The van der Waals surface area contributed by atoms with Crippen LogP contribution in [0.2, 0.25) is 0 Å². The average molecular weight is 467 g/mol. The molecule has 1 unspecified atom stereocenters. The monoisotopic (exact) mass is 466 g/mol. The predicted molar refractivity (Wildman–Crippen MR) is 134 cm³/mol. The van der Waals surface area contributed by atoms with Crippen LogP contribution >= 0.6 is 0 Å². The molecule has 0 saturated carbocycles. The largest absolute Gasteiger partial charge is 0.368 e. The van der Waals surface area contributed by atoms with E-state index in [1.165, 1.54) is 0 Å². The Kier molecular flexibility index (Phi) is 7.75. The number of primary amides is 1. The van der Waals surface area contributed by atoms with Crippen LogP contribution in [-0.4, -0.2) is 39.4 Å². The molecule has 0 saturated heterocycles. The maximum absolute atomic E-state index is 12.7. The maximum Gasteiger partial charge on any atom is 0.251 e. The Morgan fingerprint density at radius 3 is 2.34 bits per heavy atom. The quantitative estimate of drug-likeness (QED) is 0.330. The number of aromatic nitrogens is 3. The van der Waals surface area contributed by atoms with Crippen LogP contribution in [0.5, 0.6) is 0 Å². The van der Waals surface area contributed by atoms with E-state index in [1.54, 1.807) is 24.5 Å². The fraction of sp³-hybridized carbons (Fsp3) is 0.148. The zero-order valence-corrected chi connectivity index (χ0v) is 19.1. The number of hydrogen-bond acceptors (Lipinski definition) is 6. The van der Waals surface area contributed by atoms with E-state index in [0.29, 0.717) is 24.5 Å². The Balaban J connectivity index is 1.37. The molecule has 176 valence electrons. The first-order valence-electron chi connectivity index (χ1n) is 11.3. The standard InChI is InChI=1S/C27H26N6O2/c28-25(34)24(18-19-6-2-1-3-7-19)32-26(35)21-11-9-20(10-12-21)23-14-17-31-27(33-23)30-16-13-22-8-4-5-15-29-22/h1-12,14-15,17,24H,13,16,18H2,(H2,28,34)(H,32,35)(H,30,31,33). The van der Waals surface area contributed by atoms with E-state index in [9.17, 15) is 9.59 Å². The van der Waals surface area contributed by atoms with Gasteiger partial charge in [0.05, 0.1) is 5.69 Å². The summed E-state index contributed by atoms with van der Waals surface area (Å²) in [5.74, 6) is -0.427. The first-order valence-corrected chi connectivity index (χ1v) is 11.3. The lowest BCUT2D eigenvalue weighted by atomic mass is 10.0. The number of benzene rings is 2. The fourth-order valence-electron chi connectivity index (χ4n) is 3.56. The van der Waals surface area contributed by atoms with Gasteiger partial charge in [0.2, 0.25) is 11.9 Å². The topological polar surface area (TPSA) is 123 Å². The van der Waals surface area contributed by atoms with Crippen molar-refractivity contribution in [1.29, 1.82) is 0 Å². The number of amides is 2. The number of anilines is 1. The summed E-state index contributed by atoms with van der Waals surface area (Å²) in [6.45, 7) is 0.656. The number of nitrogens with zero attached hydrogens (tertiary/aromatic N) is 3. The molecule has 0 radical (unpaired) electrons. The summed E-state index contributed by atoms with van der Waals surface area (Å²) in [6.07, 6.45) is 4.55. The van der Waals surface area contributed by atoms with Crippen molar-refractivity contribution in [3.8, 4) is 11.3 Å². The number of nitrogens with one attached hydrogen (secondary N) is 2.